The predicted octanol–water partition coefficient (Wildman–Crippen LogP) is 3.72. The Labute approximate surface area is 139 Å². The van der Waals surface area contributed by atoms with Crippen LogP contribution in [0.15, 0.2) is 46.9 Å². The molecule has 0 spiro atoms. The molecule has 0 aliphatic carbocycles. The lowest BCUT2D eigenvalue weighted by atomic mass is 10.1. The van der Waals surface area contributed by atoms with Gasteiger partial charge in [0.25, 0.3) is 0 Å². The first-order valence-corrected chi connectivity index (χ1v) is 7.10. The molecule has 1 aromatic heterocycles. The van der Waals surface area contributed by atoms with Gasteiger partial charge in [-0.05, 0) is 29.8 Å². The fourth-order valence-electron chi connectivity index (χ4n) is 2.01. The quantitative estimate of drug-likeness (QED) is 0.753. The molecule has 2 amide bonds. The molecule has 6 nitrogen and oxygen atoms in total. The maximum absolute atomic E-state index is 13.5. The van der Waals surface area contributed by atoms with E-state index in [2.05, 4.69) is 15.5 Å². The highest BCUT2D eigenvalue weighted by atomic mass is 19.1. The number of anilines is 2. The summed E-state index contributed by atoms with van der Waals surface area (Å²) in [7, 11) is 0. The average molecular weight is 348 g/mol. The summed E-state index contributed by atoms with van der Waals surface area (Å²) < 4.78 is 45.0. The van der Waals surface area contributed by atoms with E-state index in [-0.39, 0.29) is 24.1 Å². The minimum Gasteiger partial charge on any atom is -0.407 e. The molecule has 0 saturated carbocycles. The van der Waals surface area contributed by atoms with E-state index in [4.69, 9.17) is 4.42 Å². The van der Waals surface area contributed by atoms with Gasteiger partial charge in [-0.1, -0.05) is 23.3 Å². The monoisotopic (exact) mass is 348 g/mol. The van der Waals surface area contributed by atoms with E-state index < -0.39 is 23.4 Å². The number of carbonyl (C=O) groups excluding carboxylic acids is 1. The third-order valence-electron chi connectivity index (χ3n) is 3.16. The number of hydrogen-bond donors (Lipinski definition) is 2. The highest BCUT2D eigenvalue weighted by Crippen LogP contribution is 2.18. The van der Waals surface area contributed by atoms with E-state index in [0.717, 1.165) is 17.7 Å². The van der Waals surface area contributed by atoms with Gasteiger partial charge in [0, 0.05) is 0 Å². The maximum atomic E-state index is 13.5. The molecule has 2 N–H and O–H groups in total. The summed E-state index contributed by atoms with van der Waals surface area (Å²) >= 11 is 0. The highest BCUT2D eigenvalue weighted by Gasteiger charge is 2.14. The van der Waals surface area contributed by atoms with Gasteiger partial charge in [-0.15, -0.1) is 5.10 Å². The van der Waals surface area contributed by atoms with Crippen molar-refractivity contribution >= 4 is 17.7 Å². The molecule has 2 aromatic carbocycles. The molecule has 0 unspecified atom stereocenters. The zero-order valence-corrected chi connectivity index (χ0v) is 12.6. The van der Waals surface area contributed by atoms with Crippen molar-refractivity contribution in [1.82, 2.24) is 10.2 Å². The summed E-state index contributed by atoms with van der Waals surface area (Å²) in [5.41, 5.74) is 0.139. The van der Waals surface area contributed by atoms with Crippen molar-refractivity contribution in [3.63, 3.8) is 0 Å². The van der Waals surface area contributed by atoms with Gasteiger partial charge < -0.3 is 9.73 Å². The Morgan fingerprint density at radius 3 is 2.32 bits per heavy atom. The normalized spacial score (nSPS) is 10.5. The van der Waals surface area contributed by atoms with Crippen LogP contribution in [0.2, 0.25) is 0 Å². The van der Waals surface area contributed by atoms with E-state index >= 15 is 0 Å². The lowest BCUT2D eigenvalue weighted by molar-refractivity contribution is 0.261. The zero-order chi connectivity index (χ0) is 17.8. The Morgan fingerprint density at radius 1 is 0.960 bits per heavy atom. The Kier molecular flexibility index (Phi) is 4.64. The lowest BCUT2D eigenvalue weighted by Gasteiger charge is -2.06. The van der Waals surface area contributed by atoms with Gasteiger partial charge in [-0.25, -0.2) is 18.0 Å². The molecule has 3 rings (SSSR count). The molecule has 1 heterocycles. The lowest BCUT2D eigenvalue weighted by Crippen LogP contribution is -2.21. The Bertz CT molecular complexity index is 876. The summed E-state index contributed by atoms with van der Waals surface area (Å²) in [6, 6.07) is 7.70. The molecule has 0 fully saturated rings. The van der Waals surface area contributed by atoms with Crippen molar-refractivity contribution in [2.24, 2.45) is 0 Å². The van der Waals surface area contributed by atoms with Gasteiger partial charge in [-0.2, -0.15) is 0 Å². The van der Waals surface area contributed by atoms with Crippen molar-refractivity contribution in [2.75, 3.05) is 10.6 Å². The van der Waals surface area contributed by atoms with Crippen LogP contribution in [-0.2, 0) is 6.42 Å². The van der Waals surface area contributed by atoms with Gasteiger partial charge >= 0.3 is 12.0 Å². The van der Waals surface area contributed by atoms with Crippen LogP contribution >= 0.6 is 0 Å². The minimum atomic E-state index is -0.944. The van der Waals surface area contributed by atoms with Crippen LogP contribution in [0.3, 0.4) is 0 Å². The van der Waals surface area contributed by atoms with Crippen LogP contribution in [0.25, 0.3) is 0 Å². The van der Waals surface area contributed by atoms with Crippen LogP contribution in [0.1, 0.15) is 11.5 Å². The van der Waals surface area contributed by atoms with Crippen molar-refractivity contribution in [1.29, 1.82) is 0 Å². The average Bonchev–Trinajstić information content (AvgIpc) is 3.00. The molecule has 9 heteroatoms. The van der Waals surface area contributed by atoms with Crippen LogP contribution in [0, 0.1) is 17.5 Å². The van der Waals surface area contributed by atoms with Gasteiger partial charge in [-0.3, -0.25) is 5.32 Å². The molecule has 128 valence electrons. The van der Waals surface area contributed by atoms with E-state index in [0.29, 0.717) is 0 Å². The summed E-state index contributed by atoms with van der Waals surface area (Å²) in [6.45, 7) is 0. The molecule has 0 aliphatic rings. The molecular weight excluding hydrogens is 337 g/mol. The van der Waals surface area contributed by atoms with Crippen molar-refractivity contribution < 1.29 is 22.4 Å². The topological polar surface area (TPSA) is 80.1 Å². The predicted molar refractivity (Wildman–Crippen MR) is 82.5 cm³/mol. The number of rotatable bonds is 4. The number of nitrogens with zero attached hydrogens (tertiary/aromatic N) is 2. The molecular formula is C16H11F3N4O2. The number of aromatic nitrogens is 2. The minimum absolute atomic E-state index is 0.180. The first kappa shape index (κ1) is 16.5. The van der Waals surface area contributed by atoms with Crippen LogP contribution in [0.4, 0.5) is 29.7 Å². The fourth-order valence-corrected chi connectivity index (χ4v) is 2.01. The smallest absolute Gasteiger partial charge is 0.327 e. The molecule has 0 saturated heterocycles. The SMILES string of the molecule is O=C(Nc1nnc(Cc2ccc(F)cc2)o1)Nc1c(F)cccc1F. The number of amides is 2. The molecule has 25 heavy (non-hydrogen) atoms. The van der Waals surface area contributed by atoms with Crippen molar-refractivity contribution in [3.8, 4) is 0 Å². The molecule has 3 aromatic rings. The van der Waals surface area contributed by atoms with E-state index in [1.54, 1.807) is 12.1 Å². The first-order chi connectivity index (χ1) is 12.0. The summed E-state index contributed by atoms with van der Waals surface area (Å²) in [5.74, 6) is -2.02. The van der Waals surface area contributed by atoms with Crippen LogP contribution < -0.4 is 10.6 Å². The number of halogens is 3. The summed E-state index contributed by atoms with van der Waals surface area (Å²) in [6.07, 6.45) is 0.235. The molecule has 0 atom stereocenters. The second-order valence-corrected chi connectivity index (χ2v) is 4.98. The maximum Gasteiger partial charge on any atom is 0.327 e. The second kappa shape index (κ2) is 7.04. The standard InChI is InChI=1S/C16H11F3N4O2/c17-10-6-4-9(5-7-10)8-13-22-23-16(25-13)21-15(24)20-14-11(18)2-1-3-12(14)19/h1-7H,8H2,(H2,20,21,23,24). The number of nitrogens with one attached hydrogen (secondary N) is 2. The Hall–Kier alpha value is -3.36. The summed E-state index contributed by atoms with van der Waals surface area (Å²) in [5, 5.41) is 11.5. The Morgan fingerprint density at radius 2 is 1.64 bits per heavy atom. The number of para-hydroxylation sites is 1. The van der Waals surface area contributed by atoms with E-state index in [1.807, 2.05) is 5.32 Å². The summed E-state index contributed by atoms with van der Waals surface area (Å²) in [4.78, 5) is 11.8. The van der Waals surface area contributed by atoms with E-state index in [9.17, 15) is 18.0 Å². The van der Waals surface area contributed by atoms with Gasteiger partial charge in [0.1, 0.15) is 23.1 Å². The van der Waals surface area contributed by atoms with Crippen LogP contribution in [0.5, 0.6) is 0 Å². The second-order valence-electron chi connectivity index (χ2n) is 4.98. The molecule has 0 bridgehead atoms. The van der Waals surface area contributed by atoms with E-state index in [1.165, 1.54) is 18.2 Å². The largest absolute Gasteiger partial charge is 0.407 e. The fraction of sp³-hybridized carbons (Fsp3) is 0.0625. The first-order valence-electron chi connectivity index (χ1n) is 7.10. The third-order valence-corrected chi connectivity index (χ3v) is 3.16. The number of urea groups is 1. The van der Waals surface area contributed by atoms with Crippen molar-refractivity contribution in [3.05, 3.63) is 71.4 Å². The van der Waals surface area contributed by atoms with Crippen LogP contribution in [-0.4, -0.2) is 16.2 Å². The van der Waals surface area contributed by atoms with Gasteiger partial charge in [0.15, 0.2) is 0 Å². The third kappa shape index (κ3) is 4.14. The molecule has 0 aliphatic heterocycles. The highest BCUT2D eigenvalue weighted by molar-refractivity contribution is 5.98. The Balaban J connectivity index is 1.63. The number of benzene rings is 2. The van der Waals surface area contributed by atoms with Gasteiger partial charge in [0.2, 0.25) is 5.89 Å². The number of carbonyl (C=O) groups is 1. The molecule has 0 radical (unpaired) electrons. The number of hydrogen-bond acceptors (Lipinski definition) is 4. The zero-order valence-electron chi connectivity index (χ0n) is 12.6. The van der Waals surface area contributed by atoms with Crippen molar-refractivity contribution in [2.45, 2.75) is 6.42 Å². The van der Waals surface area contributed by atoms with Gasteiger partial charge in [0.05, 0.1) is 6.42 Å².